The highest BCUT2D eigenvalue weighted by molar-refractivity contribution is 4.55. The number of hydrogen-bond acceptors (Lipinski definition) is 3. The number of ether oxygens (including phenoxy) is 1. The Balaban J connectivity index is 2.97. The fourth-order valence-corrected chi connectivity index (χ4v) is 1.25. The Hall–Kier alpha value is -0.120. The molecule has 2 N–H and O–H groups in total. The Bertz CT molecular complexity index is 98.9. The van der Waals surface area contributed by atoms with E-state index in [2.05, 4.69) is 19.2 Å². The van der Waals surface area contributed by atoms with Gasteiger partial charge in [-0.15, -0.1) is 0 Å². The van der Waals surface area contributed by atoms with Crippen LogP contribution in [0.2, 0.25) is 0 Å². The van der Waals surface area contributed by atoms with E-state index in [0.717, 1.165) is 19.0 Å². The second kappa shape index (κ2) is 9.96. The van der Waals surface area contributed by atoms with Gasteiger partial charge >= 0.3 is 0 Å². The van der Waals surface area contributed by atoms with Crippen LogP contribution in [-0.4, -0.2) is 38.0 Å². The maximum absolute atomic E-state index is 8.44. The molecule has 1 unspecified atom stereocenters. The van der Waals surface area contributed by atoms with Crippen LogP contribution >= 0.6 is 0 Å². The van der Waals surface area contributed by atoms with E-state index in [9.17, 15) is 0 Å². The topological polar surface area (TPSA) is 41.5 Å². The lowest BCUT2D eigenvalue weighted by Gasteiger charge is -2.11. The van der Waals surface area contributed by atoms with Gasteiger partial charge in [0.1, 0.15) is 0 Å². The van der Waals surface area contributed by atoms with Crippen LogP contribution in [0.5, 0.6) is 0 Å². The third kappa shape index (κ3) is 9.80. The Labute approximate surface area is 81.5 Å². The molecule has 0 rings (SSSR count). The van der Waals surface area contributed by atoms with E-state index in [1.54, 1.807) is 0 Å². The van der Waals surface area contributed by atoms with Crippen LogP contribution in [0.1, 0.15) is 26.7 Å². The average Bonchev–Trinajstić information content (AvgIpc) is 2.11. The molecule has 3 nitrogen and oxygen atoms in total. The maximum Gasteiger partial charge on any atom is 0.0698 e. The van der Waals surface area contributed by atoms with Gasteiger partial charge in [0.05, 0.1) is 19.8 Å². The number of rotatable bonds is 9. The van der Waals surface area contributed by atoms with Crippen LogP contribution in [0.4, 0.5) is 0 Å². The summed E-state index contributed by atoms with van der Waals surface area (Å²) < 4.78 is 5.11. The molecule has 0 aromatic carbocycles. The van der Waals surface area contributed by atoms with E-state index < -0.39 is 0 Å². The number of hydrogen-bond donors (Lipinski definition) is 2. The van der Waals surface area contributed by atoms with Gasteiger partial charge in [0.2, 0.25) is 0 Å². The molecule has 0 aromatic heterocycles. The van der Waals surface area contributed by atoms with Crippen LogP contribution in [0, 0.1) is 5.92 Å². The SMILES string of the molecule is CCCC(C)CNCCOCCO. The normalized spacial score (nSPS) is 13.2. The zero-order chi connectivity index (χ0) is 9.94. The lowest BCUT2D eigenvalue weighted by atomic mass is 10.1. The molecular formula is C10H23NO2. The van der Waals surface area contributed by atoms with Gasteiger partial charge in [-0.3, -0.25) is 0 Å². The maximum atomic E-state index is 8.44. The minimum absolute atomic E-state index is 0.117. The van der Waals surface area contributed by atoms with Crippen molar-refractivity contribution in [2.45, 2.75) is 26.7 Å². The van der Waals surface area contributed by atoms with Crippen molar-refractivity contribution in [2.75, 3.05) is 32.9 Å². The van der Waals surface area contributed by atoms with Crippen molar-refractivity contribution in [3.63, 3.8) is 0 Å². The van der Waals surface area contributed by atoms with Crippen LogP contribution < -0.4 is 5.32 Å². The Morgan fingerprint density at radius 2 is 2.15 bits per heavy atom. The molecule has 13 heavy (non-hydrogen) atoms. The quantitative estimate of drug-likeness (QED) is 0.532. The molecule has 0 heterocycles. The molecule has 80 valence electrons. The Morgan fingerprint density at radius 1 is 1.38 bits per heavy atom. The summed E-state index contributed by atoms with van der Waals surface area (Å²) in [6, 6.07) is 0. The zero-order valence-electron chi connectivity index (χ0n) is 8.88. The molecular weight excluding hydrogens is 166 g/mol. The third-order valence-corrected chi connectivity index (χ3v) is 1.93. The standard InChI is InChI=1S/C10H23NO2/c1-3-4-10(2)9-11-5-7-13-8-6-12/h10-12H,3-9H2,1-2H3. The van der Waals surface area contributed by atoms with Gasteiger partial charge in [-0.05, 0) is 18.9 Å². The van der Waals surface area contributed by atoms with Gasteiger partial charge in [-0.2, -0.15) is 0 Å². The van der Waals surface area contributed by atoms with E-state index in [4.69, 9.17) is 9.84 Å². The van der Waals surface area contributed by atoms with Gasteiger partial charge in [0.25, 0.3) is 0 Å². The van der Waals surface area contributed by atoms with Crippen molar-refractivity contribution in [1.29, 1.82) is 0 Å². The molecule has 0 saturated heterocycles. The first kappa shape index (κ1) is 12.9. The number of nitrogens with one attached hydrogen (secondary N) is 1. The smallest absolute Gasteiger partial charge is 0.0698 e. The van der Waals surface area contributed by atoms with Crippen molar-refractivity contribution >= 4 is 0 Å². The van der Waals surface area contributed by atoms with E-state index in [-0.39, 0.29) is 6.61 Å². The first-order valence-electron chi connectivity index (χ1n) is 5.20. The molecule has 0 fully saturated rings. The van der Waals surface area contributed by atoms with Crippen molar-refractivity contribution in [1.82, 2.24) is 5.32 Å². The minimum Gasteiger partial charge on any atom is -0.394 e. The molecule has 1 atom stereocenters. The van der Waals surface area contributed by atoms with Crippen molar-refractivity contribution < 1.29 is 9.84 Å². The fourth-order valence-electron chi connectivity index (χ4n) is 1.25. The van der Waals surface area contributed by atoms with E-state index in [1.807, 2.05) is 0 Å². The van der Waals surface area contributed by atoms with Crippen molar-refractivity contribution in [3.8, 4) is 0 Å². The highest BCUT2D eigenvalue weighted by Gasteiger charge is 1.98. The monoisotopic (exact) mass is 189 g/mol. The summed E-state index contributed by atoms with van der Waals surface area (Å²) in [5, 5.41) is 11.8. The van der Waals surface area contributed by atoms with Gasteiger partial charge in [-0.25, -0.2) is 0 Å². The van der Waals surface area contributed by atoms with Crippen molar-refractivity contribution in [2.24, 2.45) is 5.92 Å². The molecule has 0 bridgehead atoms. The molecule has 0 spiro atoms. The summed E-state index contributed by atoms with van der Waals surface area (Å²) in [6.07, 6.45) is 2.54. The van der Waals surface area contributed by atoms with Gasteiger partial charge in [0, 0.05) is 6.54 Å². The highest BCUT2D eigenvalue weighted by Crippen LogP contribution is 2.01. The summed E-state index contributed by atoms with van der Waals surface area (Å²) >= 11 is 0. The first-order valence-corrected chi connectivity index (χ1v) is 5.20. The van der Waals surface area contributed by atoms with Crippen LogP contribution in [0.3, 0.4) is 0 Å². The average molecular weight is 189 g/mol. The molecule has 0 aromatic rings. The molecule has 0 saturated carbocycles. The van der Waals surface area contributed by atoms with E-state index in [0.29, 0.717) is 13.2 Å². The van der Waals surface area contributed by atoms with E-state index in [1.165, 1.54) is 12.8 Å². The van der Waals surface area contributed by atoms with Gasteiger partial charge in [0.15, 0.2) is 0 Å². The second-order valence-corrected chi connectivity index (χ2v) is 3.43. The summed E-state index contributed by atoms with van der Waals surface area (Å²) in [5.74, 6) is 0.753. The lowest BCUT2D eigenvalue weighted by Crippen LogP contribution is -2.25. The van der Waals surface area contributed by atoms with Crippen LogP contribution in [0.15, 0.2) is 0 Å². The summed E-state index contributed by atoms with van der Waals surface area (Å²) in [7, 11) is 0. The zero-order valence-corrected chi connectivity index (χ0v) is 8.88. The molecule has 3 heteroatoms. The first-order chi connectivity index (χ1) is 6.31. The number of aliphatic hydroxyl groups is 1. The van der Waals surface area contributed by atoms with Gasteiger partial charge in [-0.1, -0.05) is 20.3 Å². The van der Waals surface area contributed by atoms with Crippen LogP contribution in [0.25, 0.3) is 0 Å². The van der Waals surface area contributed by atoms with Gasteiger partial charge < -0.3 is 15.2 Å². The molecule has 0 amide bonds. The second-order valence-electron chi connectivity index (χ2n) is 3.43. The molecule has 0 radical (unpaired) electrons. The predicted octanol–water partition coefficient (Wildman–Crippen LogP) is 1.02. The molecule has 0 aliphatic rings. The summed E-state index contributed by atoms with van der Waals surface area (Å²) in [6.45, 7) is 7.67. The largest absolute Gasteiger partial charge is 0.394 e. The van der Waals surface area contributed by atoms with Crippen molar-refractivity contribution in [3.05, 3.63) is 0 Å². The molecule has 0 aliphatic heterocycles. The Kier molecular flexibility index (Phi) is 9.87. The minimum atomic E-state index is 0.117. The lowest BCUT2D eigenvalue weighted by molar-refractivity contribution is 0.0935. The Morgan fingerprint density at radius 3 is 2.77 bits per heavy atom. The summed E-state index contributed by atoms with van der Waals surface area (Å²) in [4.78, 5) is 0. The predicted molar refractivity (Wildman–Crippen MR) is 54.8 cm³/mol. The highest BCUT2D eigenvalue weighted by atomic mass is 16.5. The summed E-state index contributed by atoms with van der Waals surface area (Å²) in [5.41, 5.74) is 0. The fraction of sp³-hybridized carbons (Fsp3) is 1.00. The molecule has 0 aliphatic carbocycles. The van der Waals surface area contributed by atoms with Crippen LogP contribution in [-0.2, 0) is 4.74 Å². The number of aliphatic hydroxyl groups excluding tert-OH is 1. The van der Waals surface area contributed by atoms with E-state index >= 15 is 0 Å². The third-order valence-electron chi connectivity index (χ3n) is 1.93.